The fourth-order valence-corrected chi connectivity index (χ4v) is 3.22. The van der Waals surface area contributed by atoms with Crippen LogP contribution >= 0.6 is 0 Å². The minimum Gasteiger partial charge on any atom is -0.448 e. The standard InChI is InChI=1S/C10H18BF3N/c12-11(13,14)8-15-7-3-6-10(15)9-4-1-2-5-9/h9-10H,1-8H2/q-1. The number of halogens is 3. The Bertz CT molecular complexity index is 213. The van der Waals surface area contributed by atoms with Crippen LogP contribution in [0.3, 0.4) is 0 Å². The number of hydrogen-bond donors (Lipinski definition) is 0. The molecular weight excluding hydrogens is 202 g/mol. The first-order chi connectivity index (χ1) is 7.06. The summed E-state index contributed by atoms with van der Waals surface area (Å²) in [6.45, 7) is -3.98. The Hall–Kier alpha value is -0.185. The lowest BCUT2D eigenvalue weighted by Gasteiger charge is -2.33. The van der Waals surface area contributed by atoms with E-state index < -0.39 is 13.4 Å². The summed E-state index contributed by atoms with van der Waals surface area (Å²) < 4.78 is 37.2. The first-order valence-corrected chi connectivity index (χ1v) is 6.01. The van der Waals surface area contributed by atoms with E-state index in [0.29, 0.717) is 12.5 Å². The summed E-state index contributed by atoms with van der Waals surface area (Å²) in [4.78, 5) is 1.69. The van der Waals surface area contributed by atoms with Gasteiger partial charge in [0, 0.05) is 6.04 Å². The molecular formula is C10H18BF3N-. The summed E-state index contributed by atoms with van der Waals surface area (Å²) in [5, 5.41) is 0. The summed E-state index contributed by atoms with van der Waals surface area (Å²) in [6.07, 6.45) is 6.02. The minimum atomic E-state index is -4.64. The second-order valence-electron chi connectivity index (χ2n) is 4.96. The molecule has 0 amide bonds. The molecule has 1 nitrogen and oxygen atoms in total. The van der Waals surface area contributed by atoms with Gasteiger partial charge in [-0.25, -0.2) is 0 Å². The fourth-order valence-electron chi connectivity index (χ4n) is 3.22. The molecule has 0 spiro atoms. The average molecular weight is 220 g/mol. The molecule has 15 heavy (non-hydrogen) atoms. The molecule has 2 rings (SSSR count). The summed E-state index contributed by atoms with van der Waals surface area (Å²) >= 11 is 0. The van der Waals surface area contributed by atoms with Gasteiger partial charge in [-0.05, 0) is 44.6 Å². The van der Waals surface area contributed by atoms with Crippen LogP contribution in [-0.4, -0.2) is 30.9 Å². The maximum atomic E-state index is 12.4. The third kappa shape index (κ3) is 2.89. The molecule has 0 radical (unpaired) electrons. The van der Waals surface area contributed by atoms with Crippen LogP contribution in [0.4, 0.5) is 12.9 Å². The van der Waals surface area contributed by atoms with E-state index in [4.69, 9.17) is 0 Å². The molecule has 2 fully saturated rings. The Morgan fingerprint density at radius 2 is 1.67 bits per heavy atom. The average Bonchev–Trinajstić information content (AvgIpc) is 2.68. The second kappa shape index (κ2) is 4.36. The van der Waals surface area contributed by atoms with E-state index in [-0.39, 0.29) is 6.04 Å². The maximum absolute atomic E-state index is 12.4. The highest BCUT2D eigenvalue weighted by Gasteiger charge is 2.37. The first-order valence-electron chi connectivity index (χ1n) is 6.01. The lowest BCUT2D eigenvalue weighted by molar-refractivity contribution is 0.199. The van der Waals surface area contributed by atoms with Crippen molar-refractivity contribution in [2.75, 3.05) is 13.0 Å². The van der Waals surface area contributed by atoms with E-state index in [2.05, 4.69) is 0 Å². The van der Waals surface area contributed by atoms with Crippen molar-refractivity contribution >= 4 is 6.98 Å². The number of likely N-dealkylation sites (tertiary alicyclic amines) is 1. The fraction of sp³-hybridized carbons (Fsp3) is 1.00. The predicted molar refractivity (Wildman–Crippen MR) is 55.6 cm³/mol. The van der Waals surface area contributed by atoms with E-state index in [9.17, 15) is 12.9 Å². The molecule has 0 bridgehead atoms. The van der Waals surface area contributed by atoms with Gasteiger partial charge in [-0.15, -0.1) is 0 Å². The Morgan fingerprint density at radius 3 is 2.27 bits per heavy atom. The Morgan fingerprint density at radius 1 is 1.00 bits per heavy atom. The summed E-state index contributed by atoms with van der Waals surface area (Å²) in [7, 11) is 0. The highest BCUT2D eigenvalue weighted by Crippen LogP contribution is 2.35. The van der Waals surface area contributed by atoms with Crippen LogP contribution in [0.15, 0.2) is 0 Å². The van der Waals surface area contributed by atoms with Crippen molar-refractivity contribution in [2.45, 2.75) is 44.6 Å². The third-order valence-electron chi connectivity index (χ3n) is 3.80. The normalized spacial score (nSPS) is 30.2. The van der Waals surface area contributed by atoms with E-state index in [1.165, 1.54) is 12.8 Å². The van der Waals surface area contributed by atoms with Gasteiger partial charge in [-0.1, -0.05) is 12.8 Å². The van der Waals surface area contributed by atoms with Crippen molar-refractivity contribution in [3.63, 3.8) is 0 Å². The third-order valence-corrected chi connectivity index (χ3v) is 3.80. The molecule has 1 saturated heterocycles. The molecule has 5 heteroatoms. The summed E-state index contributed by atoms with van der Waals surface area (Å²) in [5.41, 5.74) is 0. The smallest absolute Gasteiger partial charge is 0.448 e. The minimum absolute atomic E-state index is 0.232. The lowest BCUT2D eigenvalue weighted by Crippen LogP contribution is -2.43. The molecule has 1 aliphatic heterocycles. The highest BCUT2D eigenvalue weighted by atomic mass is 19.4. The largest absolute Gasteiger partial charge is 0.492 e. The molecule has 0 N–H and O–H groups in total. The van der Waals surface area contributed by atoms with Gasteiger partial charge in [0.05, 0.1) is 0 Å². The van der Waals surface area contributed by atoms with Crippen molar-refractivity contribution in [3.05, 3.63) is 0 Å². The van der Waals surface area contributed by atoms with Gasteiger partial charge >= 0.3 is 6.98 Å². The number of nitrogens with zero attached hydrogens (tertiary/aromatic N) is 1. The Kier molecular flexibility index (Phi) is 3.28. The molecule has 2 aliphatic rings. The molecule has 88 valence electrons. The van der Waals surface area contributed by atoms with Gasteiger partial charge in [0.1, 0.15) is 0 Å². The van der Waals surface area contributed by atoms with Crippen molar-refractivity contribution in [2.24, 2.45) is 5.92 Å². The van der Waals surface area contributed by atoms with Gasteiger partial charge in [0.25, 0.3) is 0 Å². The quantitative estimate of drug-likeness (QED) is 0.660. The van der Waals surface area contributed by atoms with Gasteiger partial charge in [-0.2, -0.15) is 0 Å². The van der Waals surface area contributed by atoms with Gasteiger partial charge in [0.2, 0.25) is 0 Å². The molecule has 0 aromatic heterocycles. The van der Waals surface area contributed by atoms with E-state index >= 15 is 0 Å². The second-order valence-corrected chi connectivity index (χ2v) is 4.96. The zero-order valence-electron chi connectivity index (χ0n) is 8.97. The Labute approximate surface area is 89.1 Å². The van der Waals surface area contributed by atoms with E-state index in [1.54, 1.807) is 4.90 Å². The van der Waals surface area contributed by atoms with Crippen LogP contribution < -0.4 is 0 Å². The summed E-state index contributed by atoms with van der Waals surface area (Å²) in [5.74, 6) is 0.547. The number of hydrogen-bond acceptors (Lipinski definition) is 1. The van der Waals surface area contributed by atoms with Crippen LogP contribution in [0.1, 0.15) is 38.5 Å². The van der Waals surface area contributed by atoms with E-state index in [1.807, 2.05) is 0 Å². The zero-order valence-corrected chi connectivity index (χ0v) is 8.97. The molecule has 1 saturated carbocycles. The van der Waals surface area contributed by atoms with Crippen molar-refractivity contribution in [3.8, 4) is 0 Å². The van der Waals surface area contributed by atoms with Crippen LogP contribution in [-0.2, 0) is 0 Å². The molecule has 0 aromatic carbocycles. The van der Waals surface area contributed by atoms with Crippen molar-refractivity contribution < 1.29 is 12.9 Å². The lowest BCUT2D eigenvalue weighted by atomic mass is 9.88. The van der Waals surface area contributed by atoms with Crippen molar-refractivity contribution in [1.29, 1.82) is 0 Å². The van der Waals surface area contributed by atoms with Crippen LogP contribution in [0, 0.1) is 5.92 Å². The zero-order chi connectivity index (χ0) is 10.9. The summed E-state index contributed by atoms with van der Waals surface area (Å²) in [6, 6.07) is 0.232. The highest BCUT2D eigenvalue weighted by molar-refractivity contribution is 6.58. The van der Waals surface area contributed by atoms with Crippen LogP contribution in [0.25, 0.3) is 0 Å². The van der Waals surface area contributed by atoms with Crippen LogP contribution in [0.2, 0.25) is 0 Å². The predicted octanol–water partition coefficient (Wildman–Crippen LogP) is 3.03. The van der Waals surface area contributed by atoms with Crippen LogP contribution in [0.5, 0.6) is 0 Å². The molecule has 1 heterocycles. The molecule has 1 unspecified atom stereocenters. The topological polar surface area (TPSA) is 3.24 Å². The monoisotopic (exact) mass is 220 g/mol. The molecule has 1 aliphatic carbocycles. The molecule has 0 aromatic rings. The van der Waals surface area contributed by atoms with Gasteiger partial charge < -0.3 is 17.8 Å². The van der Waals surface area contributed by atoms with Gasteiger partial charge in [-0.3, -0.25) is 0 Å². The molecule has 1 atom stereocenters. The Balaban J connectivity index is 1.92. The first kappa shape index (κ1) is 11.3. The van der Waals surface area contributed by atoms with Gasteiger partial charge in [0.15, 0.2) is 0 Å². The number of rotatable bonds is 3. The van der Waals surface area contributed by atoms with Crippen molar-refractivity contribution in [1.82, 2.24) is 4.90 Å². The maximum Gasteiger partial charge on any atom is 0.492 e. The van der Waals surface area contributed by atoms with E-state index in [0.717, 1.165) is 25.7 Å². The SMILES string of the molecule is F[B-](F)(F)CN1CCCC1C1CCCC1.